The molecule has 116 valence electrons. The van der Waals surface area contributed by atoms with Gasteiger partial charge in [-0.1, -0.05) is 17.7 Å². The van der Waals surface area contributed by atoms with Gasteiger partial charge in [-0.25, -0.2) is 0 Å². The lowest BCUT2D eigenvalue weighted by Gasteiger charge is -2.11. The van der Waals surface area contributed by atoms with Crippen LogP contribution in [0.3, 0.4) is 0 Å². The Bertz CT molecular complexity index is 919. The van der Waals surface area contributed by atoms with Crippen LogP contribution in [0.2, 0.25) is 5.02 Å². The van der Waals surface area contributed by atoms with E-state index in [1.807, 2.05) is 48.0 Å². The number of aryl methyl sites for hydroxylation is 1. The fourth-order valence-corrected chi connectivity index (χ4v) is 3.07. The van der Waals surface area contributed by atoms with E-state index < -0.39 is 0 Å². The first-order valence-corrected chi connectivity index (χ1v) is 7.65. The van der Waals surface area contributed by atoms with Crippen LogP contribution in [0.15, 0.2) is 42.6 Å². The number of benzene rings is 1. The van der Waals surface area contributed by atoms with E-state index in [2.05, 4.69) is 10.3 Å². The number of nitrogens with zero attached hydrogens (tertiary/aromatic N) is 2. The van der Waals surface area contributed by atoms with Crippen molar-refractivity contribution in [3.8, 4) is 5.75 Å². The van der Waals surface area contributed by atoms with Gasteiger partial charge in [0.05, 0.1) is 0 Å². The van der Waals surface area contributed by atoms with E-state index in [9.17, 15) is 4.79 Å². The molecule has 0 bridgehead atoms. The summed E-state index contributed by atoms with van der Waals surface area (Å²) in [6, 6.07) is 10.9. The molecule has 5 nitrogen and oxygen atoms in total. The van der Waals surface area contributed by atoms with Crippen molar-refractivity contribution in [2.24, 2.45) is 7.05 Å². The molecule has 3 heterocycles. The van der Waals surface area contributed by atoms with E-state index in [0.717, 1.165) is 22.3 Å². The van der Waals surface area contributed by atoms with Crippen molar-refractivity contribution in [3.63, 3.8) is 0 Å². The Kier molecular flexibility index (Phi) is 3.23. The third-order valence-electron chi connectivity index (χ3n) is 4.08. The quantitative estimate of drug-likeness (QED) is 0.787. The van der Waals surface area contributed by atoms with Crippen LogP contribution in [-0.2, 0) is 7.05 Å². The van der Waals surface area contributed by atoms with E-state index in [1.165, 1.54) is 0 Å². The van der Waals surface area contributed by atoms with Crippen LogP contribution in [0, 0.1) is 0 Å². The maximum Gasteiger partial charge on any atom is 0.268 e. The molecule has 1 aromatic carbocycles. The predicted molar refractivity (Wildman–Crippen MR) is 87.9 cm³/mol. The summed E-state index contributed by atoms with van der Waals surface area (Å²) >= 11 is 6.03. The summed E-state index contributed by atoms with van der Waals surface area (Å²) in [7, 11) is 1.85. The lowest BCUT2D eigenvalue weighted by Crippen LogP contribution is -2.31. The number of halogens is 1. The van der Waals surface area contributed by atoms with Crippen molar-refractivity contribution in [1.29, 1.82) is 0 Å². The topological polar surface area (TPSA) is 56.2 Å². The molecule has 0 aliphatic carbocycles. The monoisotopic (exact) mass is 327 g/mol. The van der Waals surface area contributed by atoms with Gasteiger partial charge in [-0.2, -0.15) is 0 Å². The maximum atomic E-state index is 12.6. The highest BCUT2D eigenvalue weighted by Gasteiger charge is 2.28. The molecule has 1 atom stereocenters. The van der Waals surface area contributed by atoms with Gasteiger partial charge in [0.25, 0.3) is 5.91 Å². The zero-order valence-electron chi connectivity index (χ0n) is 12.4. The Morgan fingerprint density at radius 3 is 3.13 bits per heavy atom. The van der Waals surface area contributed by atoms with Gasteiger partial charge in [0.2, 0.25) is 0 Å². The Morgan fingerprint density at radius 1 is 1.39 bits per heavy atom. The second-order valence-corrected chi connectivity index (χ2v) is 5.95. The summed E-state index contributed by atoms with van der Waals surface area (Å²) in [4.78, 5) is 16.9. The number of rotatable bonds is 2. The molecule has 23 heavy (non-hydrogen) atoms. The molecule has 0 saturated heterocycles. The minimum absolute atomic E-state index is 0.160. The number of fused-ring (bicyclic) bond motifs is 2. The van der Waals surface area contributed by atoms with Crippen LogP contribution in [0.4, 0.5) is 0 Å². The standard InChI is InChI=1S/C17H14ClN3O2/c1-21-13-8-11(18)5-4-10(13)7-14(21)17(22)20-12-9-23-15-3-2-6-19-16(12)15/h2-8,12H,9H2,1H3,(H,20,22). The number of aromatic nitrogens is 2. The third kappa shape index (κ3) is 2.33. The first kappa shape index (κ1) is 14.1. The van der Waals surface area contributed by atoms with Crippen molar-refractivity contribution in [2.75, 3.05) is 6.61 Å². The van der Waals surface area contributed by atoms with Gasteiger partial charge in [0.1, 0.15) is 29.8 Å². The van der Waals surface area contributed by atoms with Crippen LogP contribution in [-0.4, -0.2) is 22.1 Å². The molecule has 1 aliphatic rings. The highest BCUT2D eigenvalue weighted by Crippen LogP contribution is 2.30. The average Bonchev–Trinajstić information content (AvgIpc) is 3.10. The Hall–Kier alpha value is -2.53. The molecule has 0 spiro atoms. The minimum Gasteiger partial charge on any atom is -0.489 e. The van der Waals surface area contributed by atoms with Gasteiger partial charge in [-0.15, -0.1) is 0 Å². The molecule has 0 saturated carbocycles. The number of carbonyl (C=O) groups excluding carboxylic acids is 1. The van der Waals surface area contributed by atoms with Gasteiger partial charge in [0.15, 0.2) is 0 Å². The predicted octanol–water partition coefficient (Wildman–Crippen LogP) is 3.09. The largest absolute Gasteiger partial charge is 0.489 e. The van der Waals surface area contributed by atoms with E-state index in [4.69, 9.17) is 16.3 Å². The number of hydrogen-bond donors (Lipinski definition) is 1. The molecular weight excluding hydrogens is 314 g/mol. The van der Waals surface area contributed by atoms with Gasteiger partial charge in [-0.05, 0) is 30.3 Å². The number of hydrogen-bond acceptors (Lipinski definition) is 3. The van der Waals surface area contributed by atoms with E-state index in [0.29, 0.717) is 17.3 Å². The number of pyridine rings is 1. The average molecular weight is 328 g/mol. The number of ether oxygens (including phenoxy) is 1. The van der Waals surface area contributed by atoms with Crippen LogP contribution in [0.5, 0.6) is 5.75 Å². The van der Waals surface area contributed by atoms with Crippen molar-refractivity contribution >= 4 is 28.4 Å². The molecule has 0 radical (unpaired) electrons. The van der Waals surface area contributed by atoms with Crippen LogP contribution >= 0.6 is 11.6 Å². The molecule has 6 heteroatoms. The van der Waals surface area contributed by atoms with Crippen LogP contribution < -0.4 is 10.1 Å². The number of nitrogens with one attached hydrogen (secondary N) is 1. The zero-order valence-corrected chi connectivity index (χ0v) is 13.2. The highest BCUT2D eigenvalue weighted by molar-refractivity contribution is 6.31. The molecule has 3 aromatic rings. The lowest BCUT2D eigenvalue weighted by molar-refractivity contribution is 0.0922. The van der Waals surface area contributed by atoms with Crippen molar-refractivity contribution in [3.05, 3.63) is 59.0 Å². The SMILES string of the molecule is Cn1c(C(=O)NC2COc3cccnc32)cc2ccc(Cl)cc21. The summed E-state index contributed by atoms with van der Waals surface area (Å²) in [6.07, 6.45) is 1.70. The first-order chi connectivity index (χ1) is 11.1. The summed E-state index contributed by atoms with van der Waals surface area (Å²) in [5, 5.41) is 4.61. The van der Waals surface area contributed by atoms with E-state index in [1.54, 1.807) is 6.20 Å². The Labute approximate surface area is 137 Å². The van der Waals surface area contributed by atoms with Gasteiger partial charge in [-0.3, -0.25) is 9.78 Å². The molecule has 0 fully saturated rings. The van der Waals surface area contributed by atoms with Crippen molar-refractivity contribution < 1.29 is 9.53 Å². The summed E-state index contributed by atoms with van der Waals surface area (Å²) < 4.78 is 7.39. The molecule has 1 amide bonds. The molecule has 4 rings (SSSR count). The fourth-order valence-electron chi connectivity index (χ4n) is 2.90. The van der Waals surface area contributed by atoms with Gasteiger partial charge in [0, 0.05) is 29.2 Å². The first-order valence-electron chi connectivity index (χ1n) is 7.27. The summed E-state index contributed by atoms with van der Waals surface area (Å²) in [5.41, 5.74) is 2.26. The van der Waals surface area contributed by atoms with Crippen molar-refractivity contribution in [1.82, 2.24) is 14.9 Å². The van der Waals surface area contributed by atoms with Gasteiger partial charge < -0.3 is 14.6 Å². The van der Waals surface area contributed by atoms with Gasteiger partial charge >= 0.3 is 0 Å². The van der Waals surface area contributed by atoms with Crippen LogP contribution in [0.25, 0.3) is 10.9 Å². The van der Waals surface area contributed by atoms with E-state index in [-0.39, 0.29) is 11.9 Å². The normalized spacial score (nSPS) is 16.2. The summed E-state index contributed by atoms with van der Waals surface area (Å²) in [5.74, 6) is 0.563. The Morgan fingerprint density at radius 2 is 2.26 bits per heavy atom. The second-order valence-electron chi connectivity index (χ2n) is 5.52. The maximum absolute atomic E-state index is 12.6. The van der Waals surface area contributed by atoms with Crippen LogP contribution in [0.1, 0.15) is 22.2 Å². The lowest BCUT2D eigenvalue weighted by atomic mass is 10.2. The molecule has 2 aromatic heterocycles. The fraction of sp³-hybridized carbons (Fsp3) is 0.176. The molecule has 1 unspecified atom stereocenters. The second kappa shape index (κ2) is 5.28. The number of carbonyl (C=O) groups is 1. The van der Waals surface area contributed by atoms with E-state index >= 15 is 0 Å². The molecular formula is C17H14ClN3O2. The zero-order chi connectivity index (χ0) is 16.0. The Balaban J connectivity index is 1.64. The molecule has 1 aliphatic heterocycles. The number of amides is 1. The summed E-state index contributed by atoms with van der Waals surface area (Å²) in [6.45, 7) is 0.397. The molecule has 1 N–H and O–H groups in total. The smallest absolute Gasteiger partial charge is 0.268 e. The minimum atomic E-state index is -0.236. The highest BCUT2D eigenvalue weighted by atomic mass is 35.5. The van der Waals surface area contributed by atoms with Crippen molar-refractivity contribution in [2.45, 2.75) is 6.04 Å². The third-order valence-corrected chi connectivity index (χ3v) is 4.32.